The molecule has 21 heavy (non-hydrogen) atoms. The van der Waals surface area contributed by atoms with Gasteiger partial charge in [0.25, 0.3) is 0 Å². The molecule has 0 fully saturated rings. The van der Waals surface area contributed by atoms with Gasteiger partial charge in [0.1, 0.15) is 4.90 Å². The summed E-state index contributed by atoms with van der Waals surface area (Å²) in [7, 11) is -0.608. The molecule has 0 unspecified atom stereocenters. The molecular weight excluding hydrogens is 292 g/mol. The number of likely N-dealkylation sites (N-methyl/N-ethyl adjacent to an activating group) is 1. The Morgan fingerprint density at radius 3 is 2.57 bits per heavy atom. The molecule has 0 spiro atoms. The Kier molecular flexibility index (Phi) is 6.25. The highest BCUT2D eigenvalue weighted by atomic mass is 32.2. The highest BCUT2D eigenvalue weighted by Crippen LogP contribution is 2.18. The van der Waals surface area contributed by atoms with Crippen LogP contribution in [0.15, 0.2) is 23.2 Å². The van der Waals surface area contributed by atoms with Crippen LogP contribution in [0.5, 0.6) is 0 Å². The number of amides is 1. The zero-order chi connectivity index (χ0) is 16.0. The predicted molar refractivity (Wildman–Crippen MR) is 79.9 cm³/mol. The third kappa shape index (κ3) is 4.23. The summed E-state index contributed by atoms with van der Waals surface area (Å²) >= 11 is 0. The van der Waals surface area contributed by atoms with E-state index in [0.717, 1.165) is 0 Å². The average Bonchev–Trinajstić information content (AvgIpc) is 2.46. The Morgan fingerprint density at radius 1 is 1.38 bits per heavy atom. The van der Waals surface area contributed by atoms with E-state index in [1.54, 1.807) is 20.2 Å². The number of nitrogens with zero attached hydrogens (tertiary/aromatic N) is 3. The van der Waals surface area contributed by atoms with Crippen LogP contribution in [-0.2, 0) is 21.4 Å². The fraction of sp³-hybridized carbons (Fsp3) is 0.538. The molecule has 0 saturated heterocycles. The fourth-order valence-electron chi connectivity index (χ4n) is 1.78. The predicted octanol–water partition coefficient (Wildman–Crippen LogP) is 0.0292. The molecule has 0 aliphatic heterocycles. The lowest BCUT2D eigenvalue weighted by Crippen LogP contribution is -2.41. The van der Waals surface area contributed by atoms with Crippen LogP contribution in [0.1, 0.15) is 19.0 Å². The molecule has 1 heterocycles. The van der Waals surface area contributed by atoms with Gasteiger partial charge in [-0.1, -0.05) is 6.92 Å². The van der Waals surface area contributed by atoms with Gasteiger partial charge in [-0.05, 0) is 18.6 Å². The third-order valence-electron chi connectivity index (χ3n) is 2.94. The van der Waals surface area contributed by atoms with Gasteiger partial charge in [0.05, 0.1) is 12.2 Å². The molecule has 1 rings (SSSR count). The van der Waals surface area contributed by atoms with Crippen LogP contribution >= 0.6 is 0 Å². The number of nitrogens with two attached hydrogens (primary N) is 1. The molecule has 0 atom stereocenters. The van der Waals surface area contributed by atoms with Gasteiger partial charge in [0, 0.05) is 33.4 Å². The Bertz CT molecular complexity index is 587. The van der Waals surface area contributed by atoms with E-state index in [-0.39, 0.29) is 30.4 Å². The molecule has 1 amide bonds. The second-order valence-electron chi connectivity index (χ2n) is 4.78. The van der Waals surface area contributed by atoms with Gasteiger partial charge in [-0.3, -0.25) is 9.78 Å². The van der Waals surface area contributed by atoms with Crippen molar-refractivity contribution in [2.45, 2.75) is 24.8 Å². The van der Waals surface area contributed by atoms with Crippen LogP contribution in [0.2, 0.25) is 0 Å². The van der Waals surface area contributed by atoms with E-state index in [4.69, 9.17) is 5.73 Å². The van der Waals surface area contributed by atoms with Crippen molar-refractivity contribution in [1.29, 1.82) is 0 Å². The first-order valence-electron chi connectivity index (χ1n) is 6.68. The monoisotopic (exact) mass is 314 g/mol. The highest BCUT2D eigenvalue weighted by molar-refractivity contribution is 7.89. The van der Waals surface area contributed by atoms with Crippen LogP contribution in [0.25, 0.3) is 0 Å². The molecule has 2 N–H and O–H groups in total. The molecule has 118 valence electrons. The van der Waals surface area contributed by atoms with Crippen LogP contribution in [0, 0.1) is 0 Å². The normalized spacial score (nSPS) is 11.7. The zero-order valence-electron chi connectivity index (χ0n) is 12.6. The number of carbonyl (C=O) groups is 1. The number of hydrogen-bond acceptors (Lipinski definition) is 5. The van der Waals surface area contributed by atoms with Crippen molar-refractivity contribution in [2.75, 3.05) is 27.2 Å². The summed E-state index contributed by atoms with van der Waals surface area (Å²) in [6, 6.07) is 3.01. The minimum Gasteiger partial charge on any atom is -0.348 e. The van der Waals surface area contributed by atoms with Crippen LogP contribution < -0.4 is 5.73 Å². The van der Waals surface area contributed by atoms with Gasteiger partial charge >= 0.3 is 0 Å². The largest absolute Gasteiger partial charge is 0.348 e. The van der Waals surface area contributed by atoms with Crippen LogP contribution in [0.3, 0.4) is 0 Å². The van der Waals surface area contributed by atoms with Crippen molar-refractivity contribution in [3.8, 4) is 0 Å². The summed E-state index contributed by atoms with van der Waals surface area (Å²) < 4.78 is 26.6. The molecule has 7 nitrogen and oxygen atoms in total. The van der Waals surface area contributed by atoms with E-state index in [1.807, 2.05) is 6.92 Å². The quantitative estimate of drug-likeness (QED) is 0.766. The smallest absolute Gasteiger partial charge is 0.245 e. The lowest BCUT2D eigenvalue weighted by atomic mass is 10.3. The molecule has 0 aromatic carbocycles. The first-order valence-corrected chi connectivity index (χ1v) is 8.12. The minimum atomic E-state index is -3.79. The van der Waals surface area contributed by atoms with Gasteiger partial charge < -0.3 is 10.6 Å². The lowest BCUT2D eigenvalue weighted by molar-refractivity contribution is -0.128. The maximum atomic E-state index is 12.7. The summed E-state index contributed by atoms with van der Waals surface area (Å²) in [6.45, 7) is 1.95. The van der Waals surface area contributed by atoms with Crippen molar-refractivity contribution in [1.82, 2.24) is 14.2 Å². The van der Waals surface area contributed by atoms with Gasteiger partial charge in [-0.25, -0.2) is 8.42 Å². The second kappa shape index (κ2) is 7.48. The van der Waals surface area contributed by atoms with Crippen LogP contribution in [0.4, 0.5) is 0 Å². The number of carbonyl (C=O) groups excluding carboxylic acids is 1. The van der Waals surface area contributed by atoms with E-state index in [9.17, 15) is 13.2 Å². The summed E-state index contributed by atoms with van der Waals surface area (Å²) in [5.41, 5.74) is 5.85. The first-order chi connectivity index (χ1) is 9.84. The van der Waals surface area contributed by atoms with E-state index in [0.29, 0.717) is 12.1 Å². The summed E-state index contributed by atoms with van der Waals surface area (Å²) in [6.07, 6.45) is 2.11. The summed E-state index contributed by atoms with van der Waals surface area (Å²) in [5.74, 6) is -0.273. The molecule has 1 aromatic rings. The van der Waals surface area contributed by atoms with Crippen molar-refractivity contribution >= 4 is 15.9 Å². The Labute approximate surface area is 125 Å². The van der Waals surface area contributed by atoms with E-state index in [1.165, 1.54) is 21.5 Å². The summed E-state index contributed by atoms with van der Waals surface area (Å²) in [5, 5.41) is 0. The average molecular weight is 314 g/mol. The van der Waals surface area contributed by atoms with Crippen molar-refractivity contribution in [3.63, 3.8) is 0 Å². The zero-order valence-corrected chi connectivity index (χ0v) is 13.4. The number of sulfonamides is 1. The fourth-order valence-corrected chi connectivity index (χ4v) is 3.44. The standard InChI is InChI=1S/C13H22N4O3S/c1-4-8-17(10-13(18)16(2)3)21(19,20)12-6-5-7-15-11(12)9-14/h5-7H,4,8-10,14H2,1-3H3. The molecule has 0 radical (unpaired) electrons. The maximum Gasteiger partial charge on any atom is 0.245 e. The molecule has 0 bridgehead atoms. The van der Waals surface area contributed by atoms with Crippen molar-refractivity contribution < 1.29 is 13.2 Å². The van der Waals surface area contributed by atoms with E-state index < -0.39 is 10.0 Å². The van der Waals surface area contributed by atoms with Crippen LogP contribution in [-0.4, -0.2) is 55.7 Å². The van der Waals surface area contributed by atoms with Gasteiger partial charge in [0.2, 0.25) is 15.9 Å². The van der Waals surface area contributed by atoms with Gasteiger partial charge in [-0.15, -0.1) is 0 Å². The summed E-state index contributed by atoms with van der Waals surface area (Å²) in [4.78, 5) is 17.3. The lowest BCUT2D eigenvalue weighted by Gasteiger charge is -2.23. The third-order valence-corrected chi connectivity index (χ3v) is 4.86. The van der Waals surface area contributed by atoms with Crippen molar-refractivity contribution in [2.24, 2.45) is 5.73 Å². The first kappa shape index (κ1) is 17.5. The van der Waals surface area contributed by atoms with Crippen molar-refractivity contribution in [3.05, 3.63) is 24.0 Å². The topological polar surface area (TPSA) is 96.6 Å². The number of rotatable bonds is 7. The molecule has 0 saturated carbocycles. The molecule has 8 heteroatoms. The van der Waals surface area contributed by atoms with Gasteiger partial charge in [-0.2, -0.15) is 4.31 Å². The SMILES string of the molecule is CCCN(CC(=O)N(C)C)S(=O)(=O)c1cccnc1CN. The Morgan fingerprint density at radius 2 is 2.05 bits per heavy atom. The highest BCUT2D eigenvalue weighted by Gasteiger charge is 2.28. The number of pyridine rings is 1. The van der Waals surface area contributed by atoms with Gasteiger partial charge in [0.15, 0.2) is 0 Å². The second-order valence-corrected chi connectivity index (χ2v) is 6.69. The number of hydrogen-bond donors (Lipinski definition) is 1. The van der Waals surface area contributed by atoms with E-state index >= 15 is 0 Å². The molecule has 1 aromatic heterocycles. The molecular formula is C13H22N4O3S. The Balaban J connectivity index is 3.18. The van der Waals surface area contributed by atoms with E-state index in [2.05, 4.69) is 4.98 Å². The molecule has 0 aliphatic carbocycles. The Hall–Kier alpha value is -1.51. The minimum absolute atomic E-state index is 0.0248. The molecule has 0 aliphatic rings. The maximum absolute atomic E-state index is 12.7. The number of aromatic nitrogens is 1.